The zero-order valence-electron chi connectivity index (χ0n) is 5.91. The van der Waals surface area contributed by atoms with Crippen molar-refractivity contribution in [2.24, 2.45) is 0 Å². The number of hydrogen-bond donors (Lipinski definition) is 1. The lowest BCUT2D eigenvalue weighted by molar-refractivity contribution is 0.615. The van der Waals surface area contributed by atoms with E-state index in [2.05, 4.69) is 63.2 Å². The summed E-state index contributed by atoms with van der Waals surface area (Å²) in [5.41, 5.74) is 1.05. The number of halogens is 4. The maximum Gasteiger partial charge on any atom is 0.155 e. The molecule has 0 aliphatic carbocycles. The van der Waals surface area contributed by atoms with Crippen molar-refractivity contribution in [1.29, 1.82) is 0 Å². The standard InChI is InChI=1S/C6HBr3FN3/c7-1-2(8)5-6(12-13-11-5)3(9)4(1)10/h(H,11,12,13). The highest BCUT2D eigenvalue weighted by molar-refractivity contribution is 9.13. The normalized spacial score (nSPS) is 11.1. The maximum absolute atomic E-state index is 13.4. The zero-order valence-corrected chi connectivity index (χ0v) is 10.7. The molecule has 1 heterocycles. The van der Waals surface area contributed by atoms with Gasteiger partial charge in [-0.05, 0) is 47.8 Å². The van der Waals surface area contributed by atoms with Crippen LogP contribution in [-0.2, 0) is 0 Å². The van der Waals surface area contributed by atoms with E-state index in [1.807, 2.05) is 0 Å². The molecule has 0 fully saturated rings. The monoisotopic (exact) mass is 371 g/mol. The number of aromatic amines is 1. The Kier molecular flexibility index (Phi) is 2.41. The molecule has 0 spiro atoms. The summed E-state index contributed by atoms with van der Waals surface area (Å²) in [6, 6.07) is 0. The van der Waals surface area contributed by atoms with Crippen LogP contribution in [0.2, 0.25) is 0 Å². The summed E-state index contributed by atoms with van der Waals surface area (Å²) in [4.78, 5) is 0. The van der Waals surface area contributed by atoms with Crippen molar-refractivity contribution in [2.75, 3.05) is 0 Å². The smallest absolute Gasteiger partial charge is 0.155 e. The van der Waals surface area contributed by atoms with E-state index < -0.39 is 5.82 Å². The number of aromatic nitrogens is 3. The molecule has 0 atom stereocenters. The van der Waals surface area contributed by atoms with Gasteiger partial charge in [0.2, 0.25) is 0 Å². The number of nitrogens with zero attached hydrogens (tertiary/aromatic N) is 2. The van der Waals surface area contributed by atoms with Crippen molar-refractivity contribution in [3.8, 4) is 0 Å². The minimum absolute atomic E-state index is 0.298. The van der Waals surface area contributed by atoms with Crippen LogP contribution in [0.1, 0.15) is 0 Å². The van der Waals surface area contributed by atoms with Gasteiger partial charge in [0.05, 0.1) is 13.4 Å². The van der Waals surface area contributed by atoms with Gasteiger partial charge >= 0.3 is 0 Å². The second kappa shape index (κ2) is 3.29. The van der Waals surface area contributed by atoms with Crippen LogP contribution >= 0.6 is 47.8 Å². The van der Waals surface area contributed by atoms with Crippen molar-refractivity contribution in [3.05, 3.63) is 19.2 Å². The van der Waals surface area contributed by atoms with Gasteiger partial charge in [-0.25, -0.2) is 4.39 Å². The third kappa shape index (κ3) is 1.33. The van der Waals surface area contributed by atoms with E-state index in [9.17, 15) is 4.39 Å². The molecule has 2 rings (SSSR count). The Bertz CT molecular complexity index is 439. The summed E-state index contributed by atoms with van der Waals surface area (Å²) < 4.78 is 14.6. The molecule has 7 heteroatoms. The van der Waals surface area contributed by atoms with Crippen molar-refractivity contribution in [3.63, 3.8) is 0 Å². The van der Waals surface area contributed by atoms with Crippen LogP contribution in [0.25, 0.3) is 11.0 Å². The molecule has 1 N–H and O–H groups in total. The van der Waals surface area contributed by atoms with Gasteiger partial charge in [-0.15, -0.1) is 0 Å². The van der Waals surface area contributed by atoms with Crippen molar-refractivity contribution in [1.82, 2.24) is 15.4 Å². The molecule has 68 valence electrons. The molecule has 0 unspecified atom stereocenters. The van der Waals surface area contributed by atoms with Gasteiger partial charge in [-0.1, -0.05) is 0 Å². The van der Waals surface area contributed by atoms with E-state index in [4.69, 9.17) is 0 Å². The van der Waals surface area contributed by atoms with Gasteiger partial charge in [-0.2, -0.15) is 15.4 Å². The molecule has 0 saturated heterocycles. The van der Waals surface area contributed by atoms with Crippen LogP contribution in [-0.4, -0.2) is 15.4 Å². The lowest BCUT2D eigenvalue weighted by Crippen LogP contribution is -1.85. The minimum atomic E-state index is -0.395. The highest BCUT2D eigenvalue weighted by Crippen LogP contribution is 2.37. The van der Waals surface area contributed by atoms with Crippen LogP contribution in [0.15, 0.2) is 13.4 Å². The van der Waals surface area contributed by atoms with E-state index >= 15 is 0 Å². The molecule has 0 amide bonds. The molecule has 0 aliphatic rings. The first-order valence-corrected chi connectivity index (χ1v) is 5.53. The Morgan fingerprint density at radius 2 is 1.46 bits per heavy atom. The molecule has 2 aromatic rings. The van der Waals surface area contributed by atoms with E-state index in [-0.39, 0.29) is 0 Å². The van der Waals surface area contributed by atoms with E-state index in [0.717, 1.165) is 0 Å². The minimum Gasteiger partial charge on any atom is -0.204 e. The van der Waals surface area contributed by atoms with Crippen LogP contribution in [0.3, 0.4) is 0 Å². The lowest BCUT2D eigenvalue weighted by atomic mass is 10.3. The highest BCUT2D eigenvalue weighted by atomic mass is 79.9. The predicted octanol–water partition coefficient (Wildman–Crippen LogP) is 3.38. The third-order valence-electron chi connectivity index (χ3n) is 1.54. The fraction of sp³-hybridized carbons (Fsp3) is 0. The largest absolute Gasteiger partial charge is 0.204 e. The Balaban J connectivity index is 3.02. The molecule has 13 heavy (non-hydrogen) atoms. The van der Waals surface area contributed by atoms with E-state index in [1.54, 1.807) is 0 Å². The van der Waals surface area contributed by atoms with Gasteiger partial charge < -0.3 is 0 Å². The van der Waals surface area contributed by atoms with Gasteiger partial charge in [0.25, 0.3) is 0 Å². The summed E-state index contributed by atoms with van der Waals surface area (Å²) >= 11 is 9.41. The van der Waals surface area contributed by atoms with Crippen molar-refractivity contribution in [2.45, 2.75) is 0 Å². The van der Waals surface area contributed by atoms with Gasteiger partial charge in [0.1, 0.15) is 11.0 Å². The highest BCUT2D eigenvalue weighted by Gasteiger charge is 2.17. The average molecular weight is 374 g/mol. The maximum atomic E-state index is 13.4. The third-order valence-corrected chi connectivity index (χ3v) is 4.31. The predicted molar refractivity (Wildman–Crippen MR) is 56.9 cm³/mol. The quantitative estimate of drug-likeness (QED) is 0.568. The van der Waals surface area contributed by atoms with Gasteiger partial charge in [0.15, 0.2) is 5.82 Å². The fourth-order valence-electron chi connectivity index (χ4n) is 0.938. The van der Waals surface area contributed by atoms with Gasteiger partial charge in [-0.3, -0.25) is 0 Å². The molecular weight excluding hydrogens is 373 g/mol. The van der Waals surface area contributed by atoms with E-state index in [0.29, 0.717) is 24.5 Å². The van der Waals surface area contributed by atoms with Crippen LogP contribution in [0.5, 0.6) is 0 Å². The Morgan fingerprint density at radius 1 is 0.923 bits per heavy atom. The molecule has 1 aromatic carbocycles. The van der Waals surface area contributed by atoms with Crippen molar-refractivity contribution >= 4 is 58.8 Å². The first kappa shape index (κ1) is 9.54. The molecule has 0 saturated carbocycles. The summed E-state index contributed by atoms with van der Waals surface area (Å²) in [7, 11) is 0. The topological polar surface area (TPSA) is 41.6 Å². The van der Waals surface area contributed by atoms with Crippen LogP contribution in [0, 0.1) is 5.82 Å². The first-order valence-electron chi connectivity index (χ1n) is 3.15. The summed E-state index contributed by atoms with van der Waals surface area (Å²) in [6.07, 6.45) is 0. The number of hydrogen-bond acceptors (Lipinski definition) is 2. The molecule has 3 nitrogen and oxygen atoms in total. The second-order valence-corrected chi connectivity index (χ2v) is 4.66. The number of H-pyrrole nitrogens is 1. The summed E-state index contributed by atoms with van der Waals surface area (Å²) in [5.74, 6) is -0.395. The molecule has 1 aromatic heterocycles. The Labute approximate surface area is 97.5 Å². The number of fused-ring (bicyclic) bond motifs is 1. The summed E-state index contributed by atoms with van der Waals surface area (Å²) in [6.45, 7) is 0. The molecular formula is C6HBr3FN3. The van der Waals surface area contributed by atoms with Crippen LogP contribution in [0.4, 0.5) is 4.39 Å². The Morgan fingerprint density at radius 3 is 2.08 bits per heavy atom. The van der Waals surface area contributed by atoms with Crippen molar-refractivity contribution < 1.29 is 4.39 Å². The number of nitrogens with one attached hydrogen (secondary N) is 1. The fourth-order valence-corrected chi connectivity index (χ4v) is 2.51. The SMILES string of the molecule is Fc1c(Br)c(Br)c2n[nH]nc2c1Br. The first-order chi connectivity index (χ1) is 6.13. The molecule has 0 radical (unpaired) electrons. The summed E-state index contributed by atoms with van der Waals surface area (Å²) in [5, 5.41) is 10.1. The number of rotatable bonds is 0. The second-order valence-electron chi connectivity index (χ2n) is 2.28. The van der Waals surface area contributed by atoms with Gasteiger partial charge in [0, 0.05) is 0 Å². The van der Waals surface area contributed by atoms with E-state index in [1.165, 1.54) is 0 Å². The lowest BCUT2D eigenvalue weighted by Gasteiger charge is -2.00. The Hall–Kier alpha value is -0.0100. The molecule has 0 aliphatic heterocycles. The molecule has 0 bridgehead atoms. The average Bonchev–Trinajstić information content (AvgIpc) is 2.59. The number of benzene rings is 1. The zero-order chi connectivity index (χ0) is 9.59. The van der Waals surface area contributed by atoms with Crippen LogP contribution < -0.4 is 0 Å².